The van der Waals surface area contributed by atoms with Crippen LogP contribution in [-0.4, -0.2) is 26.7 Å². The predicted molar refractivity (Wildman–Crippen MR) is 102 cm³/mol. The van der Waals surface area contributed by atoms with Crippen molar-refractivity contribution in [2.45, 2.75) is 68.7 Å². The van der Waals surface area contributed by atoms with Gasteiger partial charge in [0.2, 0.25) is 5.91 Å². The molecule has 7 heteroatoms. The van der Waals surface area contributed by atoms with Crippen LogP contribution < -0.4 is 5.32 Å². The van der Waals surface area contributed by atoms with Crippen LogP contribution in [0.1, 0.15) is 49.5 Å². The van der Waals surface area contributed by atoms with E-state index in [1.807, 2.05) is 6.92 Å². The Kier molecular flexibility index (Phi) is 5.30. The molecule has 2 heterocycles. The maximum Gasteiger partial charge on any atom is 0.234 e. The fraction of sp³-hybridized carbons (Fsp3) is 0.556. The van der Waals surface area contributed by atoms with Crippen LogP contribution >= 0.6 is 23.1 Å². The minimum atomic E-state index is -0.694. The molecule has 1 aliphatic rings. The first-order valence-corrected chi connectivity index (χ1v) is 10.3. The third-order valence-corrected chi connectivity index (χ3v) is 7.09. The molecule has 132 valence electrons. The minimum absolute atomic E-state index is 0.0928. The zero-order chi connectivity index (χ0) is 18.0. The van der Waals surface area contributed by atoms with Gasteiger partial charge >= 0.3 is 0 Å². The number of amides is 1. The second kappa shape index (κ2) is 7.30. The highest BCUT2D eigenvalue weighted by Crippen LogP contribution is 2.36. The fourth-order valence-corrected chi connectivity index (χ4v) is 5.26. The third-order valence-electron chi connectivity index (χ3n) is 4.87. The van der Waals surface area contributed by atoms with Gasteiger partial charge in [0.15, 0.2) is 0 Å². The number of fused-ring (bicyclic) bond motifs is 1. The molecule has 0 aromatic carbocycles. The first-order chi connectivity index (χ1) is 12.0. The van der Waals surface area contributed by atoms with Crippen LogP contribution in [0.2, 0.25) is 0 Å². The summed E-state index contributed by atoms with van der Waals surface area (Å²) in [4.78, 5) is 23.6. The summed E-state index contributed by atoms with van der Waals surface area (Å²) < 4.78 is 0. The molecule has 0 bridgehead atoms. The van der Waals surface area contributed by atoms with Crippen molar-refractivity contribution in [2.24, 2.45) is 0 Å². The number of aryl methyl sites for hydroxylation is 2. The highest BCUT2D eigenvalue weighted by Gasteiger charge is 2.35. The van der Waals surface area contributed by atoms with E-state index in [0.717, 1.165) is 47.3 Å². The van der Waals surface area contributed by atoms with E-state index in [0.29, 0.717) is 0 Å². The quantitative estimate of drug-likeness (QED) is 0.643. The van der Waals surface area contributed by atoms with E-state index in [4.69, 9.17) is 0 Å². The monoisotopic (exact) mass is 374 g/mol. The topological polar surface area (TPSA) is 78.7 Å². The van der Waals surface area contributed by atoms with Crippen molar-refractivity contribution >= 4 is 39.2 Å². The molecular formula is C18H22N4OS2. The van der Waals surface area contributed by atoms with Gasteiger partial charge in [-0.05, 0) is 39.2 Å². The fourth-order valence-electron chi connectivity index (χ4n) is 3.22. The first-order valence-electron chi connectivity index (χ1n) is 8.56. The Bertz CT molecular complexity index is 833. The minimum Gasteiger partial charge on any atom is -0.337 e. The summed E-state index contributed by atoms with van der Waals surface area (Å²) in [6.45, 7) is 6.02. The molecular weight excluding hydrogens is 352 g/mol. The van der Waals surface area contributed by atoms with E-state index in [1.54, 1.807) is 17.7 Å². The van der Waals surface area contributed by atoms with Crippen LogP contribution in [-0.2, 0) is 4.79 Å². The number of thiophene rings is 1. The molecule has 0 radical (unpaired) electrons. The Morgan fingerprint density at radius 1 is 1.36 bits per heavy atom. The maximum absolute atomic E-state index is 12.7. The lowest BCUT2D eigenvalue weighted by molar-refractivity contribution is -0.121. The summed E-state index contributed by atoms with van der Waals surface area (Å²) in [7, 11) is 0. The number of aromatic nitrogens is 2. The molecule has 2 aromatic heterocycles. The van der Waals surface area contributed by atoms with Crippen molar-refractivity contribution in [1.82, 2.24) is 15.3 Å². The summed E-state index contributed by atoms with van der Waals surface area (Å²) in [5.74, 6) is -0.0928. The number of rotatable bonds is 4. The molecule has 2 aromatic rings. The normalized spacial score (nSPS) is 17.8. The van der Waals surface area contributed by atoms with Gasteiger partial charge in [-0.1, -0.05) is 31.0 Å². The number of thioether (sulfide) groups is 1. The van der Waals surface area contributed by atoms with Crippen LogP contribution in [0.25, 0.3) is 10.2 Å². The Labute approximate surface area is 156 Å². The third kappa shape index (κ3) is 3.65. The number of carbonyl (C=O) groups is 1. The molecule has 1 atom stereocenters. The number of hydrogen-bond acceptors (Lipinski definition) is 6. The number of nitrogens with one attached hydrogen (secondary N) is 1. The van der Waals surface area contributed by atoms with Crippen LogP contribution in [0.15, 0.2) is 11.4 Å². The van der Waals surface area contributed by atoms with Crippen molar-refractivity contribution in [1.29, 1.82) is 5.26 Å². The van der Waals surface area contributed by atoms with Gasteiger partial charge in [-0.15, -0.1) is 11.3 Å². The number of nitrogens with zero attached hydrogens (tertiary/aromatic N) is 3. The van der Waals surface area contributed by atoms with Gasteiger partial charge in [0, 0.05) is 10.3 Å². The van der Waals surface area contributed by atoms with Gasteiger partial charge < -0.3 is 5.32 Å². The zero-order valence-electron chi connectivity index (χ0n) is 14.8. The summed E-state index contributed by atoms with van der Waals surface area (Å²) >= 11 is 3.09. The van der Waals surface area contributed by atoms with E-state index in [1.165, 1.54) is 22.2 Å². The number of hydrogen-bond donors (Lipinski definition) is 1. The van der Waals surface area contributed by atoms with E-state index < -0.39 is 5.54 Å². The molecule has 25 heavy (non-hydrogen) atoms. The summed E-state index contributed by atoms with van der Waals surface area (Å²) in [5.41, 5.74) is 0.483. The van der Waals surface area contributed by atoms with Crippen LogP contribution in [0, 0.1) is 25.2 Å². The standard InChI is InChI=1S/C18H22N4OS2/c1-11-12(2)24-16-14(11)17(21-10-20-16)25-13(3)15(23)22-18(9-19)7-5-4-6-8-18/h10,13H,4-8H2,1-3H3,(H,22,23). The molecule has 1 amide bonds. The first kappa shape index (κ1) is 18.2. The molecule has 0 spiro atoms. The lowest BCUT2D eigenvalue weighted by atomic mass is 9.83. The molecule has 1 N–H and O–H groups in total. The van der Waals surface area contributed by atoms with Gasteiger partial charge in [-0.3, -0.25) is 4.79 Å². The van der Waals surface area contributed by atoms with Crippen molar-refractivity contribution in [2.75, 3.05) is 0 Å². The molecule has 0 saturated heterocycles. The summed E-state index contributed by atoms with van der Waals surface area (Å²) in [6.07, 6.45) is 6.17. The average molecular weight is 375 g/mol. The second-order valence-electron chi connectivity index (χ2n) is 6.65. The summed E-state index contributed by atoms with van der Waals surface area (Å²) in [5, 5.41) is 14.1. The Morgan fingerprint density at radius 3 is 2.76 bits per heavy atom. The molecule has 5 nitrogen and oxygen atoms in total. The van der Waals surface area contributed by atoms with Crippen molar-refractivity contribution < 1.29 is 4.79 Å². The van der Waals surface area contributed by atoms with Crippen LogP contribution in [0.5, 0.6) is 0 Å². The van der Waals surface area contributed by atoms with Crippen molar-refractivity contribution in [3.05, 3.63) is 16.8 Å². The highest BCUT2D eigenvalue weighted by molar-refractivity contribution is 8.00. The second-order valence-corrected chi connectivity index (χ2v) is 9.18. The SMILES string of the molecule is Cc1sc2ncnc(SC(C)C(=O)NC3(C#N)CCCCC3)c2c1C. The largest absolute Gasteiger partial charge is 0.337 e. The molecule has 3 rings (SSSR count). The maximum atomic E-state index is 12.7. The number of carbonyl (C=O) groups excluding carboxylic acids is 1. The van der Waals surface area contributed by atoms with Crippen LogP contribution in [0.3, 0.4) is 0 Å². The van der Waals surface area contributed by atoms with E-state index >= 15 is 0 Å². The zero-order valence-corrected chi connectivity index (χ0v) is 16.4. The van der Waals surface area contributed by atoms with Gasteiger partial charge in [0.25, 0.3) is 0 Å². The smallest absolute Gasteiger partial charge is 0.234 e. The van der Waals surface area contributed by atoms with Gasteiger partial charge in [-0.25, -0.2) is 9.97 Å². The van der Waals surface area contributed by atoms with E-state index in [-0.39, 0.29) is 11.2 Å². The molecule has 0 aliphatic heterocycles. The van der Waals surface area contributed by atoms with Crippen LogP contribution in [0.4, 0.5) is 0 Å². The predicted octanol–water partition coefficient (Wildman–Crippen LogP) is 4.13. The number of nitriles is 1. The Morgan fingerprint density at radius 2 is 2.08 bits per heavy atom. The molecule has 1 saturated carbocycles. The average Bonchev–Trinajstić information content (AvgIpc) is 2.91. The molecule has 1 unspecified atom stereocenters. The van der Waals surface area contributed by atoms with Crippen molar-refractivity contribution in [3.8, 4) is 6.07 Å². The van der Waals surface area contributed by atoms with Gasteiger partial charge in [0.05, 0.1) is 11.3 Å². The lowest BCUT2D eigenvalue weighted by Crippen LogP contribution is -2.50. The van der Waals surface area contributed by atoms with E-state index in [2.05, 4.69) is 35.2 Å². The van der Waals surface area contributed by atoms with E-state index in [9.17, 15) is 10.1 Å². The Balaban J connectivity index is 1.77. The highest BCUT2D eigenvalue weighted by atomic mass is 32.2. The molecule has 1 fully saturated rings. The molecule has 1 aliphatic carbocycles. The lowest BCUT2D eigenvalue weighted by Gasteiger charge is -2.32. The Hall–Kier alpha value is -1.65. The van der Waals surface area contributed by atoms with Crippen molar-refractivity contribution in [3.63, 3.8) is 0 Å². The summed E-state index contributed by atoms with van der Waals surface area (Å²) in [6, 6.07) is 2.34. The van der Waals surface area contributed by atoms with Gasteiger partial charge in [0.1, 0.15) is 21.7 Å². The van der Waals surface area contributed by atoms with Gasteiger partial charge in [-0.2, -0.15) is 5.26 Å².